The Morgan fingerprint density at radius 3 is 2.74 bits per heavy atom. The summed E-state index contributed by atoms with van der Waals surface area (Å²) in [6.07, 6.45) is 2.66. The second-order valence-corrected chi connectivity index (χ2v) is 4.71. The van der Waals surface area contributed by atoms with E-state index in [4.69, 9.17) is 10.8 Å². The van der Waals surface area contributed by atoms with Gasteiger partial charge in [0.15, 0.2) is 0 Å². The van der Waals surface area contributed by atoms with Crippen molar-refractivity contribution in [2.24, 2.45) is 5.73 Å². The Morgan fingerprint density at radius 1 is 1.42 bits per heavy atom. The maximum atomic E-state index is 11.5. The van der Waals surface area contributed by atoms with Crippen molar-refractivity contribution in [2.45, 2.75) is 32.2 Å². The van der Waals surface area contributed by atoms with Crippen molar-refractivity contribution >= 4 is 17.7 Å². The maximum absolute atomic E-state index is 11.5. The molecule has 3 N–H and O–H groups in total. The molecule has 1 aliphatic rings. The topological polar surface area (TPSA) is 96.5 Å². The highest BCUT2D eigenvalue weighted by Crippen LogP contribution is 2.24. The molecule has 0 aliphatic carbocycles. The standard InChI is InChI=1S/C13H17N3O3/c1-8-9(13(18)19)5-6-11(15-8)16-7-3-2-4-10(16)12(14)17/h5-6,10H,2-4,7H2,1H3,(H2,14,17)(H,18,19). The monoisotopic (exact) mass is 263 g/mol. The van der Waals surface area contributed by atoms with Gasteiger partial charge in [0.25, 0.3) is 0 Å². The number of aryl methyl sites for hydroxylation is 1. The third-order valence-electron chi connectivity index (χ3n) is 3.43. The number of pyridine rings is 1. The molecule has 1 atom stereocenters. The lowest BCUT2D eigenvalue weighted by Crippen LogP contribution is -2.48. The molecule has 0 bridgehead atoms. The number of carboxylic acids is 1. The molecular weight excluding hydrogens is 246 g/mol. The number of nitrogens with zero attached hydrogens (tertiary/aromatic N) is 2. The number of carboxylic acid groups (broad SMARTS) is 1. The molecule has 0 saturated carbocycles. The summed E-state index contributed by atoms with van der Waals surface area (Å²) in [5.74, 6) is -0.742. The highest BCUT2D eigenvalue weighted by Gasteiger charge is 2.28. The molecule has 102 valence electrons. The number of anilines is 1. The number of carbonyl (C=O) groups excluding carboxylic acids is 1. The SMILES string of the molecule is Cc1nc(N2CCCCC2C(N)=O)ccc1C(=O)O. The van der Waals surface area contributed by atoms with Gasteiger partial charge in [-0.25, -0.2) is 9.78 Å². The molecule has 6 nitrogen and oxygen atoms in total. The number of carbonyl (C=O) groups is 2. The number of rotatable bonds is 3. The summed E-state index contributed by atoms with van der Waals surface area (Å²) >= 11 is 0. The minimum Gasteiger partial charge on any atom is -0.478 e. The van der Waals surface area contributed by atoms with Gasteiger partial charge in [0.05, 0.1) is 11.3 Å². The van der Waals surface area contributed by atoms with Gasteiger partial charge in [0.1, 0.15) is 11.9 Å². The van der Waals surface area contributed by atoms with Crippen LogP contribution in [0.15, 0.2) is 12.1 Å². The lowest BCUT2D eigenvalue weighted by atomic mass is 10.0. The summed E-state index contributed by atoms with van der Waals surface area (Å²) in [6.45, 7) is 2.36. The van der Waals surface area contributed by atoms with E-state index < -0.39 is 5.97 Å². The Labute approximate surface area is 111 Å². The summed E-state index contributed by atoms with van der Waals surface area (Å²) in [5, 5.41) is 8.98. The van der Waals surface area contributed by atoms with Crippen molar-refractivity contribution in [1.29, 1.82) is 0 Å². The first-order valence-electron chi connectivity index (χ1n) is 6.27. The summed E-state index contributed by atoms with van der Waals surface area (Å²) in [4.78, 5) is 28.6. The summed E-state index contributed by atoms with van der Waals surface area (Å²) < 4.78 is 0. The molecule has 1 amide bonds. The first-order chi connectivity index (χ1) is 9.00. The highest BCUT2D eigenvalue weighted by molar-refractivity contribution is 5.89. The summed E-state index contributed by atoms with van der Waals surface area (Å²) in [7, 11) is 0. The number of aromatic carboxylic acids is 1. The van der Waals surface area contributed by atoms with E-state index in [0.717, 1.165) is 19.3 Å². The second kappa shape index (κ2) is 5.26. The number of aromatic nitrogens is 1. The van der Waals surface area contributed by atoms with Crippen LogP contribution in [0, 0.1) is 6.92 Å². The van der Waals surface area contributed by atoms with E-state index >= 15 is 0 Å². The molecule has 1 aromatic heterocycles. The Kier molecular flexibility index (Phi) is 3.69. The Balaban J connectivity index is 2.32. The van der Waals surface area contributed by atoms with Crippen LogP contribution < -0.4 is 10.6 Å². The predicted molar refractivity (Wildman–Crippen MR) is 70.1 cm³/mol. The fraction of sp³-hybridized carbons (Fsp3) is 0.462. The third kappa shape index (κ3) is 2.67. The molecule has 0 radical (unpaired) electrons. The quantitative estimate of drug-likeness (QED) is 0.845. The number of hydrogen-bond acceptors (Lipinski definition) is 4. The molecule has 6 heteroatoms. The Bertz CT molecular complexity index is 516. The van der Waals surface area contributed by atoms with E-state index in [1.165, 1.54) is 6.07 Å². The van der Waals surface area contributed by atoms with Crippen molar-refractivity contribution in [1.82, 2.24) is 4.98 Å². The molecule has 1 fully saturated rings. The third-order valence-corrected chi connectivity index (χ3v) is 3.43. The number of primary amides is 1. The lowest BCUT2D eigenvalue weighted by Gasteiger charge is -2.34. The van der Waals surface area contributed by atoms with Crippen LogP contribution in [-0.4, -0.2) is 34.6 Å². The van der Waals surface area contributed by atoms with Crippen LogP contribution >= 0.6 is 0 Å². The summed E-state index contributed by atoms with van der Waals surface area (Å²) in [5.41, 5.74) is 6.03. The molecule has 0 aromatic carbocycles. The smallest absolute Gasteiger partial charge is 0.337 e. The minimum absolute atomic E-state index is 0.177. The normalized spacial score (nSPS) is 19.2. The first-order valence-corrected chi connectivity index (χ1v) is 6.27. The van der Waals surface area contributed by atoms with E-state index in [-0.39, 0.29) is 17.5 Å². The zero-order valence-corrected chi connectivity index (χ0v) is 10.8. The number of hydrogen-bond donors (Lipinski definition) is 2. The van der Waals surface area contributed by atoms with E-state index in [9.17, 15) is 9.59 Å². The van der Waals surface area contributed by atoms with Crippen molar-refractivity contribution in [3.63, 3.8) is 0 Å². The Hall–Kier alpha value is -2.11. The van der Waals surface area contributed by atoms with Gasteiger partial charge < -0.3 is 15.7 Å². The van der Waals surface area contributed by atoms with Crippen molar-refractivity contribution in [3.8, 4) is 0 Å². The van der Waals surface area contributed by atoms with Crippen LogP contribution in [0.1, 0.15) is 35.3 Å². The molecule has 1 unspecified atom stereocenters. The average molecular weight is 263 g/mol. The van der Waals surface area contributed by atoms with Gasteiger partial charge in [-0.05, 0) is 38.3 Å². The van der Waals surface area contributed by atoms with Crippen LogP contribution in [0.2, 0.25) is 0 Å². The van der Waals surface area contributed by atoms with Gasteiger partial charge in [0, 0.05) is 6.54 Å². The molecule has 1 aromatic rings. The van der Waals surface area contributed by atoms with Crippen molar-refractivity contribution < 1.29 is 14.7 Å². The zero-order chi connectivity index (χ0) is 14.0. The van der Waals surface area contributed by atoms with Crippen LogP contribution in [0.4, 0.5) is 5.82 Å². The van der Waals surface area contributed by atoms with Gasteiger partial charge >= 0.3 is 5.97 Å². The lowest BCUT2D eigenvalue weighted by molar-refractivity contribution is -0.119. The average Bonchev–Trinajstić information content (AvgIpc) is 2.38. The van der Waals surface area contributed by atoms with Crippen LogP contribution in [-0.2, 0) is 4.79 Å². The van der Waals surface area contributed by atoms with Gasteiger partial charge in [-0.15, -0.1) is 0 Å². The molecule has 0 spiro atoms. The molecular formula is C13H17N3O3. The van der Waals surface area contributed by atoms with E-state index in [1.807, 2.05) is 4.90 Å². The molecule has 2 rings (SSSR count). The maximum Gasteiger partial charge on any atom is 0.337 e. The van der Waals surface area contributed by atoms with Gasteiger partial charge in [-0.1, -0.05) is 0 Å². The van der Waals surface area contributed by atoms with Gasteiger partial charge in [0.2, 0.25) is 5.91 Å². The van der Waals surface area contributed by atoms with E-state index in [0.29, 0.717) is 18.1 Å². The minimum atomic E-state index is -0.998. The molecule has 19 heavy (non-hydrogen) atoms. The number of piperidine rings is 1. The van der Waals surface area contributed by atoms with E-state index in [2.05, 4.69) is 4.98 Å². The van der Waals surface area contributed by atoms with Crippen molar-refractivity contribution in [2.75, 3.05) is 11.4 Å². The Morgan fingerprint density at radius 2 is 2.16 bits per heavy atom. The largest absolute Gasteiger partial charge is 0.478 e. The fourth-order valence-corrected chi connectivity index (χ4v) is 2.44. The van der Waals surface area contributed by atoms with Crippen molar-refractivity contribution in [3.05, 3.63) is 23.4 Å². The van der Waals surface area contributed by atoms with Gasteiger partial charge in [-0.2, -0.15) is 0 Å². The van der Waals surface area contributed by atoms with E-state index in [1.54, 1.807) is 13.0 Å². The number of amides is 1. The molecule has 1 saturated heterocycles. The zero-order valence-electron chi connectivity index (χ0n) is 10.8. The van der Waals surface area contributed by atoms with Crippen LogP contribution in [0.5, 0.6) is 0 Å². The first kappa shape index (κ1) is 13.3. The number of nitrogens with two attached hydrogens (primary N) is 1. The highest BCUT2D eigenvalue weighted by atomic mass is 16.4. The fourth-order valence-electron chi connectivity index (χ4n) is 2.44. The predicted octanol–water partition coefficient (Wildman–Crippen LogP) is 0.932. The van der Waals surface area contributed by atoms with Crippen LogP contribution in [0.3, 0.4) is 0 Å². The summed E-state index contributed by atoms with van der Waals surface area (Å²) in [6, 6.07) is 2.81. The van der Waals surface area contributed by atoms with Gasteiger partial charge in [-0.3, -0.25) is 4.79 Å². The molecule has 2 heterocycles. The second-order valence-electron chi connectivity index (χ2n) is 4.71. The molecule has 1 aliphatic heterocycles. The van der Waals surface area contributed by atoms with Crippen LogP contribution in [0.25, 0.3) is 0 Å².